The Balaban J connectivity index is 2.32. The molecule has 0 saturated carbocycles. The molecule has 6 nitrogen and oxygen atoms in total. The van der Waals surface area contributed by atoms with Crippen molar-refractivity contribution < 1.29 is 9.13 Å². The monoisotopic (exact) mass is 327 g/mol. The Hall–Kier alpha value is -1.93. The van der Waals surface area contributed by atoms with Crippen LogP contribution in [0.5, 0.6) is 5.75 Å². The molecule has 2 aromatic rings. The lowest BCUT2D eigenvalue weighted by molar-refractivity contribution is 0.415. The summed E-state index contributed by atoms with van der Waals surface area (Å²) in [4.78, 5) is 7.54. The van der Waals surface area contributed by atoms with Crippen molar-refractivity contribution in [3.05, 3.63) is 34.7 Å². The number of benzene rings is 1. The summed E-state index contributed by atoms with van der Waals surface area (Å²) in [5.74, 6) is 5.36. The molecule has 0 amide bonds. The highest BCUT2D eigenvalue weighted by atomic mass is 79.9. The lowest BCUT2D eigenvalue weighted by Gasteiger charge is -2.09. The largest absolute Gasteiger partial charge is 0.497 e. The fraction of sp³-hybridized carbons (Fsp3) is 0.0909. The summed E-state index contributed by atoms with van der Waals surface area (Å²) in [6.45, 7) is 0. The fourth-order valence-corrected chi connectivity index (χ4v) is 1.89. The highest BCUT2D eigenvalue weighted by Gasteiger charge is 2.08. The minimum absolute atomic E-state index is 0.0168. The molecule has 1 aromatic carbocycles. The van der Waals surface area contributed by atoms with E-state index in [1.165, 1.54) is 0 Å². The third kappa shape index (κ3) is 3.30. The van der Waals surface area contributed by atoms with Crippen LogP contribution >= 0.6 is 15.9 Å². The molecule has 0 saturated heterocycles. The minimum atomic E-state index is -0.585. The summed E-state index contributed by atoms with van der Waals surface area (Å²) in [6, 6.07) is 5.26. The Morgan fingerprint density at radius 1 is 1.37 bits per heavy atom. The van der Waals surface area contributed by atoms with Gasteiger partial charge in [-0.1, -0.05) is 15.9 Å². The molecule has 0 spiro atoms. The first-order valence-corrected chi connectivity index (χ1v) is 6.02. The molecule has 0 radical (unpaired) electrons. The number of nitrogens with two attached hydrogens (primary N) is 1. The summed E-state index contributed by atoms with van der Waals surface area (Å²) in [5.41, 5.74) is 2.87. The molecule has 0 aliphatic carbocycles. The molecular weight excluding hydrogens is 317 g/mol. The highest BCUT2D eigenvalue weighted by Crippen LogP contribution is 2.27. The standard InChI is InChI=1S/C11H11BrFN5O/c1-19-8-3-6(12)2-7(4-8)16-10-9(13)5-15-11(17-10)18-14/h2-5H,14H2,1H3,(H2,15,16,17,18). The van der Waals surface area contributed by atoms with Crippen molar-refractivity contribution in [1.29, 1.82) is 0 Å². The van der Waals surface area contributed by atoms with Crippen LogP contribution in [0.2, 0.25) is 0 Å². The van der Waals surface area contributed by atoms with Crippen molar-refractivity contribution in [3.63, 3.8) is 0 Å². The van der Waals surface area contributed by atoms with Gasteiger partial charge in [0.1, 0.15) is 5.75 Å². The van der Waals surface area contributed by atoms with Crippen LogP contribution in [-0.4, -0.2) is 17.1 Å². The van der Waals surface area contributed by atoms with Gasteiger partial charge in [0.15, 0.2) is 11.6 Å². The van der Waals surface area contributed by atoms with Crippen molar-refractivity contribution in [3.8, 4) is 5.75 Å². The number of hydrogen-bond donors (Lipinski definition) is 3. The van der Waals surface area contributed by atoms with Crippen LogP contribution in [0.25, 0.3) is 0 Å². The molecule has 0 aliphatic heterocycles. The normalized spacial score (nSPS) is 10.1. The Morgan fingerprint density at radius 2 is 2.16 bits per heavy atom. The van der Waals surface area contributed by atoms with Gasteiger partial charge in [-0.25, -0.2) is 15.2 Å². The lowest BCUT2D eigenvalue weighted by Crippen LogP contribution is -2.12. The maximum Gasteiger partial charge on any atom is 0.239 e. The third-order valence-electron chi connectivity index (χ3n) is 2.24. The number of ether oxygens (including phenoxy) is 1. The molecule has 0 fully saturated rings. The quantitative estimate of drug-likeness (QED) is 0.590. The molecular formula is C11H11BrFN5O. The summed E-state index contributed by atoms with van der Waals surface area (Å²) in [6.07, 6.45) is 1.03. The van der Waals surface area contributed by atoms with E-state index in [0.29, 0.717) is 11.4 Å². The average Bonchev–Trinajstić information content (AvgIpc) is 2.40. The van der Waals surface area contributed by atoms with Gasteiger partial charge in [0.05, 0.1) is 13.3 Å². The van der Waals surface area contributed by atoms with E-state index in [0.717, 1.165) is 10.7 Å². The second kappa shape index (κ2) is 5.81. The van der Waals surface area contributed by atoms with Gasteiger partial charge in [0.25, 0.3) is 0 Å². The topological polar surface area (TPSA) is 85.1 Å². The summed E-state index contributed by atoms with van der Waals surface area (Å²) < 4.78 is 19.5. The number of anilines is 3. The molecule has 0 aliphatic rings. The number of halogens is 2. The zero-order valence-electron chi connectivity index (χ0n) is 9.95. The van der Waals surface area contributed by atoms with Gasteiger partial charge < -0.3 is 10.1 Å². The molecule has 2 rings (SSSR count). The number of nitrogens with one attached hydrogen (secondary N) is 2. The maximum absolute atomic E-state index is 13.6. The molecule has 1 heterocycles. The average molecular weight is 328 g/mol. The first kappa shape index (κ1) is 13.5. The number of aromatic nitrogens is 2. The number of rotatable bonds is 4. The molecule has 19 heavy (non-hydrogen) atoms. The van der Waals surface area contributed by atoms with Crippen molar-refractivity contribution in [2.24, 2.45) is 5.84 Å². The first-order chi connectivity index (χ1) is 9.12. The number of methoxy groups -OCH3 is 1. The first-order valence-electron chi connectivity index (χ1n) is 5.23. The van der Waals surface area contributed by atoms with E-state index in [9.17, 15) is 4.39 Å². The number of hydrazine groups is 1. The molecule has 0 unspecified atom stereocenters. The van der Waals surface area contributed by atoms with Gasteiger partial charge in [-0.05, 0) is 12.1 Å². The smallest absolute Gasteiger partial charge is 0.239 e. The zero-order chi connectivity index (χ0) is 13.8. The number of nitrogens with zero attached hydrogens (tertiary/aromatic N) is 2. The van der Waals surface area contributed by atoms with Crippen LogP contribution in [0.4, 0.5) is 21.8 Å². The molecule has 1 aromatic heterocycles. The Kier molecular flexibility index (Phi) is 4.13. The summed E-state index contributed by atoms with van der Waals surface area (Å²) in [7, 11) is 1.55. The van der Waals surface area contributed by atoms with Crippen molar-refractivity contribution in [2.45, 2.75) is 0 Å². The zero-order valence-corrected chi connectivity index (χ0v) is 11.5. The van der Waals surface area contributed by atoms with Gasteiger partial charge in [0, 0.05) is 16.2 Å². The van der Waals surface area contributed by atoms with E-state index >= 15 is 0 Å². The molecule has 0 atom stereocenters. The van der Waals surface area contributed by atoms with E-state index in [4.69, 9.17) is 10.6 Å². The minimum Gasteiger partial charge on any atom is -0.497 e. The van der Waals surface area contributed by atoms with E-state index in [2.05, 4.69) is 36.6 Å². The predicted octanol–water partition coefficient (Wildman–Crippen LogP) is 2.42. The van der Waals surface area contributed by atoms with Crippen molar-refractivity contribution in [1.82, 2.24) is 9.97 Å². The number of hydrogen-bond acceptors (Lipinski definition) is 6. The predicted molar refractivity (Wildman–Crippen MR) is 73.8 cm³/mol. The SMILES string of the molecule is COc1cc(Br)cc(Nc2nc(NN)ncc2F)c1. The van der Waals surface area contributed by atoms with Crippen LogP contribution in [-0.2, 0) is 0 Å². The molecule has 8 heteroatoms. The van der Waals surface area contributed by atoms with Crippen molar-refractivity contribution in [2.75, 3.05) is 17.9 Å². The van der Waals surface area contributed by atoms with Crippen LogP contribution in [0.3, 0.4) is 0 Å². The van der Waals surface area contributed by atoms with Gasteiger partial charge in [0.2, 0.25) is 5.95 Å². The Morgan fingerprint density at radius 3 is 2.84 bits per heavy atom. The van der Waals surface area contributed by atoms with Crippen LogP contribution in [0, 0.1) is 5.82 Å². The van der Waals surface area contributed by atoms with Crippen LogP contribution < -0.4 is 21.3 Å². The maximum atomic E-state index is 13.6. The fourth-order valence-electron chi connectivity index (χ4n) is 1.41. The van der Waals surface area contributed by atoms with Gasteiger partial charge in [-0.3, -0.25) is 5.43 Å². The molecule has 0 bridgehead atoms. The van der Waals surface area contributed by atoms with E-state index < -0.39 is 5.82 Å². The molecule has 100 valence electrons. The van der Waals surface area contributed by atoms with E-state index in [1.54, 1.807) is 25.3 Å². The summed E-state index contributed by atoms with van der Waals surface area (Å²) in [5, 5.41) is 2.83. The summed E-state index contributed by atoms with van der Waals surface area (Å²) >= 11 is 3.33. The van der Waals surface area contributed by atoms with Crippen LogP contribution in [0.1, 0.15) is 0 Å². The van der Waals surface area contributed by atoms with Gasteiger partial charge in [-0.15, -0.1) is 0 Å². The Labute approximate surface area is 117 Å². The molecule has 4 N–H and O–H groups in total. The second-order valence-electron chi connectivity index (χ2n) is 3.54. The highest BCUT2D eigenvalue weighted by molar-refractivity contribution is 9.10. The van der Waals surface area contributed by atoms with Crippen molar-refractivity contribution >= 4 is 33.4 Å². The van der Waals surface area contributed by atoms with E-state index in [-0.39, 0.29) is 11.8 Å². The van der Waals surface area contributed by atoms with Crippen LogP contribution in [0.15, 0.2) is 28.9 Å². The third-order valence-corrected chi connectivity index (χ3v) is 2.70. The lowest BCUT2D eigenvalue weighted by atomic mass is 10.3. The second-order valence-corrected chi connectivity index (χ2v) is 4.45. The van der Waals surface area contributed by atoms with E-state index in [1.807, 2.05) is 0 Å². The van der Waals surface area contributed by atoms with Gasteiger partial charge in [-0.2, -0.15) is 4.98 Å². The Bertz CT molecular complexity index is 595. The van der Waals surface area contributed by atoms with Gasteiger partial charge >= 0.3 is 0 Å². The number of nitrogen functional groups attached to an aromatic ring is 1.